The Kier molecular flexibility index (Phi) is 2.02. The Morgan fingerprint density at radius 3 is 2.92 bits per heavy atom. The zero-order chi connectivity index (χ0) is 9.26. The van der Waals surface area contributed by atoms with Crippen molar-refractivity contribution in [1.82, 2.24) is 4.98 Å². The van der Waals surface area contributed by atoms with E-state index in [0.717, 1.165) is 10.4 Å². The van der Waals surface area contributed by atoms with Crippen molar-refractivity contribution >= 4 is 17.1 Å². The van der Waals surface area contributed by atoms with Gasteiger partial charge in [-0.15, -0.1) is 11.3 Å². The van der Waals surface area contributed by atoms with Crippen molar-refractivity contribution in [3.8, 4) is 0 Å². The standard InChI is InChI=1S/C10H9NOS/c1-7-5-9(13-6-7)10(12)8-3-2-4-11-8/h2-6,11H,1H3. The van der Waals surface area contributed by atoms with Gasteiger partial charge in [-0.25, -0.2) is 0 Å². The van der Waals surface area contributed by atoms with Crippen molar-refractivity contribution in [3.63, 3.8) is 0 Å². The Bertz CT molecular complexity index is 414. The minimum atomic E-state index is 0.0723. The molecule has 0 aliphatic carbocycles. The normalized spacial score (nSPS) is 10.2. The molecule has 0 aliphatic heterocycles. The molecule has 0 radical (unpaired) electrons. The number of aromatic amines is 1. The summed E-state index contributed by atoms with van der Waals surface area (Å²) in [6, 6.07) is 5.53. The highest BCUT2D eigenvalue weighted by Gasteiger charge is 2.10. The van der Waals surface area contributed by atoms with E-state index in [-0.39, 0.29) is 5.78 Å². The Morgan fingerprint density at radius 1 is 1.54 bits per heavy atom. The Morgan fingerprint density at radius 2 is 2.38 bits per heavy atom. The number of rotatable bonds is 2. The molecule has 2 rings (SSSR count). The van der Waals surface area contributed by atoms with Crippen molar-refractivity contribution in [2.75, 3.05) is 0 Å². The Balaban J connectivity index is 2.33. The summed E-state index contributed by atoms with van der Waals surface area (Å²) >= 11 is 1.49. The minimum absolute atomic E-state index is 0.0723. The molecule has 0 fully saturated rings. The number of aromatic nitrogens is 1. The van der Waals surface area contributed by atoms with Crippen molar-refractivity contribution in [2.24, 2.45) is 0 Å². The molecule has 2 aromatic heterocycles. The van der Waals surface area contributed by atoms with E-state index in [1.807, 2.05) is 24.4 Å². The predicted octanol–water partition coefficient (Wildman–Crippen LogP) is 2.62. The molecule has 0 aromatic carbocycles. The summed E-state index contributed by atoms with van der Waals surface area (Å²) in [6.07, 6.45) is 1.76. The molecule has 0 saturated heterocycles. The van der Waals surface area contributed by atoms with Gasteiger partial charge in [0, 0.05) is 6.20 Å². The van der Waals surface area contributed by atoms with E-state index in [9.17, 15) is 4.79 Å². The molecule has 0 spiro atoms. The maximum Gasteiger partial charge on any atom is 0.219 e. The van der Waals surface area contributed by atoms with Gasteiger partial charge in [-0.05, 0) is 36.1 Å². The fraction of sp³-hybridized carbons (Fsp3) is 0.100. The Labute approximate surface area is 80.2 Å². The Hall–Kier alpha value is -1.35. The first kappa shape index (κ1) is 8.26. The number of aryl methyl sites for hydroxylation is 1. The quantitative estimate of drug-likeness (QED) is 0.727. The third kappa shape index (κ3) is 1.55. The lowest BCUT2D eigenvalue weighted by molar-refractivity contribution is 0.103. The van der Waals surface area contributed by atoms with E-state index in [1.165, 1.54) is 11.3 Å². The number of carbonyl (C=O) groups is 1. The summed E-state index contributed by atoms with van der Waals surface area (Å²) < 4.78 is 0. The second-order valence-electron chi connectivity index (χ2n) is 2.90. The van der Waals surface area contributed by atoms with Gasteiger partial charge >= 0.3 is 0 Å². The fourth-order valence-corrected chi connectivity index (χ4v) is 2.01. The van der Waals surface area contributed by atoms with E-state index in [4.69, 9.17) is 0 Å². The van der Waals surface area contributed by atoms with Gasteiger partial charge in [0.25, 0.3) is 0 Å². The highest BCUT2D eigenvalue weighted by atomic mass is 32.1. The molecule has 2 aromatic rings. The minimum Gasteiger partial charge on any atom is -0.358 e. The van der Waals surface area contributed by atoms with E-state index < -0.39 is 0 Å². The number of ketones is 1. The van der Waals surface area contributed by atoms with Gasteiger partial charge in [0.1, 0.15) is 0 Å². The van der Waals surface area contributed by atoms with E-state index >= 15 is 0 Å². The topological polar surface area (TPSA) is 32.9 Å². The van der Waals surface area contributed by atoms with Crippen molar-refractivity contribution in [2.45, 2.75) is 6.92 Å². The van der Waals surface area contributed by atoms with Crippen LogP contribution in [0.3, 0.4) is 0 Å². The van der Waals surface area contributed by atoms with E-state index in [2.05, 4.69) is 4.98 Å². The van der Waals surface area contributed by atoms with Crippen LogP contribution >= 0.6 is 11.3 Å². The first-order valence-corrected chi connectivity index (χ1v) is 4.88. The third-order valence-electron chi connectivity index (χ3n) is 1.80. The van der Waals surface area contributed by atoms with Crippen molar-refractivity contribution < 1.29 is 4.79 Å². The van der Waals surface area contributed by atoms with Gasteiger partial charge in [-0.1, -0.05) is 0 Å². The van der Waals surface area contributed by atoms with Crippen LogP contribution < -0.4 is 0 Å². The summed E-state index contributed by atoms with van der Waals surface area (Å²) in [7, 11) is 0. The lowest BCUT2D eigenvalue weighted by Crippen LogP contribution is -1.97. The molecule has 0 aliphatic rings. The second-order valence-corrected chi connectivity index (χ2v) is 3.81. The monoisotopic (exact) mass is 191 g/mol. The van der Waals surface area contributed by atoms with Gasteiger partial charge in [0.2, 0.25) is 5.78 Å². The van der Waals surface area contributed by atoms with Gasteiger partial charge in [0.05, 0.1) is 10.6 Å². The van der Waals surface area contributed by atoms with Crippen molar-refractivity contribution in [1.29, 1.82) is 0 Å². The summed E-state index contributed by atoms with van der Waals surface area (Å²) in [5, 5.41) is 1.98. The summed E-state index contributed by atoms with van der Waals surface area (Å²) in [5.41, 5.74) is 1.79. The highest BCUT2D eigenvalue weighted by Crippen LogP contribution is 2.17. The molecule has 66 valence electrons. The lowest BCUT2D eigenvalue weighted by Gasteiger charge is -1.91. The molecule has 0 bridgehead atoms. The maximum atomic E-state index is 11.7. The number of hydrogen-bond acceptors (Lipinski definition) is 2. The van der Waals surface area contributed by atoms with E-state index in [0.29, 0.717) is 5.69 Å². The first-order valence-electron chi connectivity index (χ1n) is 4.00. The predicted molar refractivity (Wildman–Crippen MR) is 53.3 cm³/mol. The molecule has 2 nitrogen and oxygen atoms in total. The number of thiophene rings is 1. The van der Waals surface area contributed by atoms with Gasteiger partial charge in [-0.2, -0.15) is 0 Å². The van der Waals surface area contributed by atoms with Crippen LogP contribution in [-0.4, -0.2) is 10.8 Å². The fourth-order valence-electron chi connectivity index (χ4n) is 1.15. The number of carbonyl (C=O) groups excluding carboxylic acids is 1. The van der Waals surface area contributed by atoms with Crippen LogP contribution in [0.25, 0.3) is 0 Å². The summed E-state index contributed by atoms with van der Waals surface area (Å²) in [4.78, 5) is 15.4. The first-order chi connectivity index (χ1) is 6.27. The second kappa shape index (κ2) is 3.18. The van der Waals surface area contributed by atoms with Gasteiger partial charge in [-0.3, -0.25) is 4.79 Å². The van der Waals surface area contributed by atoms with Crippen LogP contribution in [0.4, 0.5) is 0 Å². The average Bonchev–Trinajstić information content (AvgIpc) is 2.72. The van der Waals surface area contributed by atoms with Crippen LogP contribution in [0.15, 0.2) is 29.8 Å². The molecule has 0 unspecified atom stereocenters. The summed E-state index contributed by atoms with van der Waals surface area (Å²) in [6.45, 7) is 1.99. The highest BCUT2D eigenvalue weighted by molar-refractivity contribution is 7.12. The molecule has 3 heteroatoms. The largest absolute Gasteiger partial charge is 0.358 e. The third-order valence-corrected chi connectivity index (χ3v) is 2.84. The smallest absolute Gasteiger partial charge is 0.219 e. The molecule has 0 amide bonds. The van der Waals surface area contributed by atoms with Crippen molar-refractivity contribution in [3.05, 3.63) is 45.9 Å². The number of hydrogen-bond donors (Lipinski definition) is 1. The SMILES string of the molecule is Cc1csc(C(=O)c2ccc[nH]2)c1. The molecule has 0 saturated carbocycles. The summed E-state index contributed by atoms with van der Waals surface area (Å²) in [5.74, 6) is 0.0723. The zero-order valence-corrected chi connectivity index (χ0v) is 8.02. The average molecular weight is 191 g/mol. The number of nitrogens with one attached hydrogen (secondary N) is 1. The molecule has 13 heavy (non-hydrogen) atoms. The molecule has 2 heterocycles. The maximum absolute atomic E-state index is 11.7. The van der Waals surface area contributed by atoms with Crippen LogP contribution in [0.1, 0.15) is 20.9 Å². The van der Waals surface area contributed by atoms with Crippen LogP contribution in [0.2, 0.25) is 0 Å². The van der Waals surface area contributed by atoms with Crippen LogP contribution in [-0.2, 0) is 0 Å². The molecular formula is C10H9NOS. The number of H-pyrrole nitrogens is 1. The van der Waals surface area contributed by atoms with E-state index in [1.54, 1.807) is 12.3 Å². The van der Waals surface area contributed by atoms with Crippen LogP contribution in [0, 0.1) is 6.92 Å². The molecule has 0 atom stereocenters. The molecular weight excluding hydrogens is 182 g/mol. The van der Waals surface area contributed by atoms with Gasteiger partial charge < -0.3 is 4.98 Å². The van der Waals surface area contributed by atoms with Gasteiger partial charge in [0.15, 0.2) is 0 Å². The zero-order valence-electron chi connectivity index (χ0n) is 7.20. The van der Waals surface area contributed by atoms with Crippen LogP contribution in [0.5, 0.6) is 0 Å². The lowest BCUT2D eigenvalue weighted by atomic mass is 10.2. The molecule has 1 N–H and O–H groups in total.